The summed E-state index contributed by atoms with van der Waals surface area (Å²) in [7, 11) is 3.08. The van der Waals surface area contributed by atoms with Crippen LogP contribution in [-0.4, -0.2) is 30.0 Å². The summed E-state index contributed by atoms with van der Waals surface area (Å²) < 4.78 is 11.3. The van der Waals surface area contributed by atoms with E-state index in [2.05, 4.69) is 25.9 Å². The number of carbonyl (C=O) groups excluding carboxylic acids is 1. The van der Waals surface area contributed by atoms with E-state index in [1.807, 2.05) is 19.9 Å². The van der Waals surface area contributed by atoms with Crippen LogP contribution in [0.3, 0.4) is 0 Å². The minimum absolute atomic E-state index is 0.00274. The second-order valence-corrected chi connectivity index (χ2v) is 6.67. The van der Waals surface area contributed by atoms with E-state index >= 15 is 0 Å². The predicted molar refractivity (Wildman–Crippen MR) is 100 cm³/mol. The van der Waals surface area contributed by atoms with Gasteiger partial charge in [0, 0.05) is 42.4 Å². The molecule has 0 aliphatic rings. The van der Waals surface area contributed by atoms with Gasteiger partial charge in [-0.1, -0.05) is 0 Å². The number of methoxy groups -OCH3 is 2. The molecule has 0 unspecified atom stereocenters. The van der Waals surface area contributed by atoms with Crippen LogP contribution in [0.15, 0.2) is 22.9 Å². The number of Topliss-reactive ketones (excluding diaryl/α,β-unsaturated/α-hetero) is 1. The normalized spacial score (nSPS) is 11.7. The van der Waals surface area contributed by atoms with Gasteiger partial charge in [0.25, 0.3) is 0 Å². The SMILES string of the molecule is COc1ncc(CC(=O)Cc2cnc(C)c(Br)c2[C@@H](C)OC)cc1C#N. The zero-order valence-corrected chi connectivity index (χ0v) is 16.8. The maximum Gasteiger partial charge on any atom is 0.231 e. The molecule has 7 heteroatoms. The van der Waals surface area contributed by atoms with E-state index in [0.717, 1.165) is 21.3 Å². The van der Waals surface area contributed by atoms with Gasteiger partial charge in [0.15, 0.2) is 0 Å². The van der Waals surface area contributed by atoms with E-state index in [1.165, 1.54) is 7.11 Å². The molecule has 0 amide bonds. The third-order valence-electron chi connectivity index (χ3n) is 4.08. The molecule has 0 aliphatic carbocycles. The first-order chi connectivity index (χ1) is 12.4. The lowest BCUT2D eigenvalue weighted by atomic mass is 9.97. The number of ketones is 1. The van der Waals surface area contributed by atoms with Gasteiger partial charge in [-0.15, -0.1) is 0 Å². The van der Waals surface area contributed by atoms with Gasteiger partial charge in [-0.05, 0) is 47.0 Å². The van der Waals surface area contributed by atoms with Gasteiger partial charge in [-0.3, -0.25) is 9.78 Å². The number of rotatable bonds is 7. The average Bonchev–Trinajstić information content (AvgIpc) is 2.64. The van der Waals surface area contributed by atoms with E-state index in [1.54, 1.807) is 25.6 Å². The number of halogens is 1. The number of hydrogen-bond acceptors (Lipinski definition) is 6. The van der Waals surface area contributed by atoms with Gasteiger partial charge >= 0.3 is 0 Å². The summed E-state index contributed by atoms with van der Waals surface area (Å²) in [4.78, 5) is 21.0. The first-order valence-electron chi connectivity index (χ1n) is 8.02. The van der Waals surface area contributed by atoms with E-state index in [0.29, 0.717) is 11.1 Å². The number of hydrogen-bond donors (Lipinski definition) is 0. The maximum absolute atomic E-state index is 12.6. The highest BCUT2D eigenvalue weighted by atomic mass is 79.9. The monoisotopic (exact) mass is 417 g/mol. The van der Waals surface area contributed by atoms with Crippen LogP contribution in [0.4, 0.5) is 0 Å². The summed E-state index contributed by atoms with van der Waals surface area (Å²) in [5, 5.41) is 9.14. The molecule has 2 aromatic heterocycles. The highest BCUT2D eigenvalue weighted by Gasteiger charge is 2.19. The first kappa shape index (κ1) is 20.0. The summed E-state index contributed by atoms with van der Waals surface area (Å²) in [6, 6.07) is 3.65. The molecule has 0 saturated carbocycles. The fourth-order valence-electron chi connectivity index (χ4n) is 2.67. The van der Waals surface area contributed by atoms with Gasteiger partial charge in [0.05, 0.1) is 18.9 Å². The number of nitriles is 1. The number of aromatic nitrogens is 2. The van der Waals surface area contributed by atoms with Crippen LogP contribution in [0.2, 0.25) is 0 Å². The molecule has 2 aromatic rings. The van der Waals surface area contributed by atoms with Crippen LogP contribution in [-0.2, 0) is 22.4 Å². The van der Waals surface area contributed by atoms with Crippen molar-refractivity contribution in [2.45, 2.75) is 32.8 Å². The van der Waals surface area contributed by atoms with Crippen molar-refractivity contribution in [3.8, 4) is 11.9 Å². The Morgan fingerprint density at radius 3 is 2.65 bits per heavy atom. The zero-order chi connectivity index (χ0) is 19.3. The third-order valence-corrected chi connectivity index (χ3v) is 5.09. The Morgan fingerprint density at radius 2 is 2.04 bits per heavy atom. The molecule has 0 spiro atoms. The molecule has 136 valence electrons. The fraction of sp³-hybridized carbons (Fsp3) is 0.368. The van der Waals surface area contributed by atoms with Gasteiger partial charge in [0.1, 0.15) is 17.4 Å². The lowest BCUT2D eigenvalue weighted by Gasteiger charge is -2.18. The van der Waals surface area contributed by atoms with Crippen molar-refractivity contribution in [3.63, 3.8) is 0 Å². The number of ether oxygens (including phenoxy) is 2. The Labute approximate surface area is 161 Å². The summed E-state index contributed by atoms with van der Waals surface area (Å²) in [6.07, 6.45) is 3.51. The molecule has 0 saturated heterocycles. The molecular weight excluding hydrogens is 398 g/mol. The highest BCUT2D eigenvalue weighted by Crippen LogP contribution is 2.31. The van der Waals surface area contributed by atoms with Gasteiger partial charge < -0.3 is 9.47 Å². The topological polar surface area (TPSA) is 85.1 Å². The van der Waals surface area contributed by atoms with Crippen molar-refractivity contribution >= 4 is 21.7 Å². The van der Waals surface area contributed by atoms with Crippen molar-refractivity contribution in [1.82, 2.24) is 9.97 Å². The minimum atomic E-state index is -0.165. The van der Waals surface area contributed by atoms with Crippen molar-refractivity contribution in [3.05, 3.63) is 50.9 Å². The Hall–Kier alpha value is -2.30. The van der Waals surface area contributed by atoms with E-state index in [4.69, 9.17) is 14.7 Å². The largest absolute Gasteiger partial charge is 0.480 e. The number of nitrogens with zero attached hydrogens (tertiary/aromatic N) is 3. The molecule has 0 radical (unpaired) electrons. The molecule has 0 aliphatic heterocycles. The molecule has 0 N–H and O–H groups in total. The Balaban J connectivity index is 2.23. The van der Waals surface area contributed by atoms with Crippen molar-refractivity contribution in [1.29, 1.82) is 5.26 Å². The molecule has 1 atom stereocenters. The summed E-state index contributed by atoms with van der Waals surface area (Å²) in [6.45, 7) is 3.83. The number of aryl methyl sites for hydroxylation is 1. The smallest absolute Gasteiger partial charge is 0.231 e. The van der Waals surface area contributed by atoms with Crippen LogP contribution in [0.1, 0.15) is 41.0 Å². The van der Waals surface area contributed by atoms with Gasteiger partial charge in [-0.2, -0.15) is 5.26 Å². The van der Waals surface area contributed by atoms with E-state index in [-0.39, 0.29) is 30.6 Å². The molecule has 0 fully saturated rings. The maximum atomic E-state index is 12.6. The second-order valence-electron chi connectivity index (χ2n) is 5.88. The van der Waals surface area contributed by atoms with Gasteiger partial charge in [0.2, 0.25) is 5.88 Å². The van der Waals surface area contributed by atoms with Crippen molar-refractivity contribution < 1.29 is 14.3 Å². The number of carbonyl (C=O) groups is 1. The minimum Gasteiger partial charge on any atom is -0.480 e. The zero-order valence-electron chi connectivity index (χ0n) is 15.2. The quantitative estimate of drug-likeness (QED) is 0.685. The second kappa shape index (κ2) is 8.88. The first-order valence-corrected chi connectivity index (χ1v) is 8.81. The Morgan fingerprint density at radius 1 is 1.31 bits per heavy atom. The van der Waals surface area contributed by atoms with Crippen LogP contribution in [0, 0.1) is 18.3 Å². The van der Waals surface area contributed by atoms with Crippen molar-refractivity contribution in [2.24, 2.45) is 0 Å². The Kier molecular flexibility index (Phi) is 6.83. The Bertz CT molecular complexity index is 862. The summed E-state index contributed by atoms with van der Waals surface area (Å²) >= 11 is 3.55. The third kappa shape index (κ3) is 4.45. The average molecular weight is 418 g/mol. The van der Waals surface area contributed by atoms with Crippen molar-refractivity contribution in [2.75, 3.05) is 14.2 Å². The lowest BCUT2D eigenvalue weighted by molar-refractivity contribution is -0.117. The molecule has 6 nitrogen and oxygen atoms in total. The highest BCUT2D eigenvalue weighted by molar-refractivity contribution is 9.10. The summed E-state index contributed by atoms with van der Waals surface area (Å²) in [5.74, 6) is 0.259. The van der Waals surface area contributed by atoms with E-state index < -0.39 is 0 Å². The molecule has 0 bridgehead atoms. The van der Waals surface area contributed by atoms with Crippen LogP contribution < -0.4 is 4.74 Å². The van der Waals surface area contributed by atoms with E-state index in [9.17, 15) is 4.79 Å². The molecular formula is C19H20BrN3O3. The fourth-order valence-corrected chi connectivity index (χ4v) is 3.35. The lowest BCUT2D eigenvalue weighted by Crippen LogP contribution is -2.12. The molecule has 26 heavy (non-hydrogen) atoms. The standard InChI is InChI=1S/C19H20BrN3O3/c1-11-18(20)17(12(2)25-3)15(10-22-11)7-16(24)6-13-5-14(8-21)19(26-4)23-9-13/h5,9-10,12H,6-7H2,1-4H3/t12-/m1/s1. The van der Waals surface area contributed by atoms with Crippen LogP contribution in [0.25, 0.3) is 0 Å². The molecule has 2 heterocycles. The predicted octanol–water partition coefficient (Wildman–Crippen LogP) is 3.49. The molecule has 2 rings (SSSR count). The molecule has 0 aromatic carbocycles. The number of pyridine rings is 2. The summed E-state index contributed by atoms with van der Waals surface area (Å²) in [5.41, 5.74) is 3.58. The van der Waals surface area contributed by atoms with Gasteiger partial charge in [-0.25, -0.2) is 4.98 Å². The van der Waals surface area contributed by atoms with Crippen LogP contribution in [0.5, 0.6) is 5.88 Å². The van der Waals surface area contributed by atoms with Crippen LogP contribution >= 0.6 is 15.9 Å².